The van der Waals surface area contributed by atoms with E-state index in [1.807, 2.05) is 24.5 Å². The molecule has 2 fully saturated rings. The van der Waals surface area contributed by atoms with Gasteiger partial charge in [-0.1, -0.05) is 0 Å². The summed E-state index contributed by atoms with van der Waals surface area (Å²) in [5.41, 5.74) is 1.90. The molecular weight excluding hydrogens is 402 g/mol. The Bertz CT molecular complexity index is 1180. The van der Waals surface area contributed by atoms with Gasteiger partial charge in [-0.05, 0) is 69.6 Å². The molecule has 0 aliphatic heterocycles. The number of anilines is 1. The van der Waals surface area contributed by atoms with Crippen molar-refractivity contribution in [3.05, 3.63) is 35.4 Å². The molecule has 3 aromatic rings. The summed E-state index contributed by atoms with van der Waals surface area (Å²) in [4.78, 5) is 14.0. The smallest absolute Gasteiger partial charge is 0.387 e. The Hall–Kier alpha value is -3.28. The minimum absolute atomic E-state index is 0.0192. The van der Waals surface area contributed by atoms with Gasteiger partial charge in [0.1, 0.15) is 23.5 Å². The zero-order chi connectivity index (χ0) is 21.7. The summed E-state index contributed by atoms with van der Waals surface area (Å²) in [6, 6.07) is 6.83. The van der Waals surface area contributed by atoms with Gasteiger partial charge in [-0.25, -0.2) is 15.0 Å². The van der Waals surface area contributed by atoms with Crippen molar-refractivity contribution in [1.82, 2.24) is 19.5 Å². The Morgan fingerprint density at radius 1 is 1.13 bits per heavy atom. The molecule has 2 aliphatic carbocycles. The minimum Gasteiger partial charge on any atom is -0.433 e. The number of imidazole rings is 1. The third kappa shape index (κ3) is 3.78. The zero-order valence-corrected chi connectivity index (χ0v) is 17.3. The average molecular weight is 424 g/mol. The summed E-state index contributed by atoms with van der Waals surface area (Å²) < 4.78 is 31.5. The number of nitrogens with one attached hydrogen (secondary N) is 1. The Morgan fingerprint density at radius 2 is 1.84 bits per heavy atom. The molecule has 2 heterocycles. The Morgan fingerprint density at radius 3 is 2.45 bits per heavy atom. The molecule has 2 aromatic heterocycles. The average Bonchev–Trinajstić information content (AvgIpc) is 3.64. The second kappa shape index (κ2) is 7.45. The molecule has 0 spiro atoms. The van der Waals surface area contributed by atoms with Gasteiger partial charge in [-0.2, -0.15) is 14.0 Å². The molecule has 0 unspecified atom stereocenters. The first-order chi connectivity index (χ1) is 14.9. The summed E-state index contributed by atoms with van der Waals surface area (Å²) in [6.07, 6.45) is 5.00. The lowest BCUT2D eigenvalue weighted by molar-refractivity contribution is -0.0500. The van der Waals surface area contributed by atoms with Crippen molar-refractivity contribution < 1.29 is 13.5 Å². The lowest BCUT2D eigenvalue weighted by Crippen LogP contribution is -2.25. The lowest BCUT2D eigenvalue weighted by Gasteiger charge is -2.18. The molecule has 1 N–H and O–H groups in total. The fraction of sp³-hybridized carbons (Fsp3) is 0.455. The van der Waals surface area contributed by atoms with E-state index in [1.54, 1.807) is 6.07 Å². The number of aromatic nitrogens is 4. The molecule has 31 heavy (non-hydrogen) atoms. The van der Waals surface area contributed by atoms with Crippen LogP contribution in [0, 0.1) is 37.0 Å². The Labute approximate surface area is 178 Å². The first-order valence-electron chi connectivity index (χ1n) is 10.4. The summed E-state index contributed by atoms with van der Waals surface area (Å²) in [5, 5.41) is 13.1. The van der Waals surface area contributed by atoms with Crippen LogP contribution < -0.4 is 10.1 Å². The minimum atomic E-state index is -3.00. The third-order valence-corrected chi connectivity index (χ3v) is 5.91. The van der Waals surface area contributed by atoms with Gasteiger partial charge in [0.05, 0.1) is 11.3 Å². The quantitative estimate of drug-likeness (QED) is 0.601. The molecule has 2 saturated carbocycles. The number of fused-ring (bicyclic) bond motifs is 1. The number of halogens is 2. The van der Waals surface area contributed by atoms with Crippen LogP contribution in [0.4, 0.5) is 14.6 Å². The molecular formula is C22H22F2N6O. The number of rotatable bonds is 7. The highest BCUT2D eigenvalue weighted by Gasteiger charge is 2.42. The van der Waals surface area contributed by atoms with Crippen LogP contribution in [0.1, 0.15) is 42.9 Å². The fourth-order valence-electron chi connectivity index (χ4n) is 4.22. The van der Waals surface area contributed by atoms with Crippen LogP contribution in [0.15, 0.2) is 18.2 Å². The van der Waals surface area contributed by atoms with E-state index in [0.717, 1.165) is 5.82 Å². The summed E-state index contributed by atoms with van der Waals surface area (Å²) >= 11 is 0. The highest BCUT2D eigenvalue weighted by Crippen LogP contribution is 2.46. The molecule has 5 rings (SSSR count). The largest absolute Gasteiger partial charge is 0.433 e. The van der Waals surface area contributed by atoms with Crippen molar-refractivity contribution in [2.75, 3.05) is 5.32 Å². The Balaban J connectivity index is 1.58. The van der Waals surface area contributed by atoms with E-state index in [-0.39, 0.29) is 11.3 Å². The van der Waals surface area contributed by atoms with E-state index in [4.69, 9.17) is 4.98 Å². The molecule has 0 bridgehead atoms. The van der Waals surface area contributed by atoms with Crippen LogP contribution in [0.3, 0.4) is 0 Å². The van der Waals surface area contributed by atoms with Crippen LogP contribution in [0.2, 0.25) is 0 Å². The fourth-order valence-corrected chi connectivity index (χ4v) is 4.22. The van der Waals surface area contributed by atoms with Crippen molar-refractivity contribution in [3.63, 3.8) is 0 Å². The molecule has 0 atom stereocenters. The first-order valence-corrected chi connectivity index (χ1v) is 10.4. The number of hydrogen-bond acceptors (Lipinski definition) is 6. The van der Waals surface area contributed by atoms with Crippen molar-refractivity contribution in [1.29, 1.82) is 5.26 Å². The molecule has 1 aromatic carbocycles. The van der Waals surface area contributed by atoms with Crippen LogP contribution >= 0.6 is 0 Å². The van der Waals surface area contributed by atoms with Gasteiger partial charge in [0, 0.05) is 6.04 Å². The van der Waals surface area contributed by atoms with Gasteiger partial charge < -0.3 is 10.1 Å². The van der Waals surface area contributed by atoms with Crippen LogP contribution in [-0.2, 0) is 0 Å². The van der Waals surface area contributed by atoms with Crippen LogP contribution in [0.5, 0.6) is 5.75 Å². The number of ether oxygens (including phenoxy) is 1. The SMILES string of the molecule is Cc1nc(NC(C2CC2)C2CC2)c2nc(C)n(-c3ccc(OC(F)F)c(C#N)c3)c2n1. The predicted octanol–water partition coefficient (Wildman–Crippen LogP) is 4.51. The number of benzene rings is 1. The molecule has 0 saturated heterocycles. The topological polar surface area (TPSA) is 88.6 Å². The highest BCUT2D eigenvalue weighted by molar-refractivity contribution is 5.85. The van der Waals surface area contributed by atoms with Crippen LogP contribution in [0.25, 0.3) is 16.9 Å². The van der Waals surface area contributed by atoms with Gasteiger partial charge in [0.2, 0.25) is 0 Å². The summed E-state index contributed by atoms with van der Waals surface area (Å²) in [7, 11) is 0. The second-order valence-electron chi connectivity index (χ2n) is 8.30. The second-order valence-corrected chi connectivity index (χ2v) is 8.30. The normalized spacial score (nSPS) is 16.2. The van der Waals surface area contributed by atoms with Crippen LogP contribution in [-0.4, -0.2) is 32.2 Å². The molecule has 160 valence electrons. The zero-order valence-electron chi connectivity index (χ0n) is 17.3. The molecule has 9 heteroatoms. The van der Waals surface area contributed by atoms with Crippen molar-refractivity contribution in [3.8, 4) is 17.5 Å². The molecule has 2 aliphatic rings. The maximum atomic E-state index is 12.6. The lowest BCUT2D eigenvalue weighted by atomic mass is 10.1. The van der Waals surface area contributed by atoms with E-state index in [0.29, 0.717) is 46.4 Å². The number of hydrogen-bond donors (Lipinski definition) is 1. The molecule has 0 radical (unpaired) electrons. The van der Waals surface area contributed by atoms with E-state index < -0.39 is 6.61 Å². The standard InChI is InChI=1S/C22H22F2N6O/c1-11-26-20(29-18(13-3-4-13)14-5-6-14)19-21(27-11)30(12(2)28-19)16-7-8-17(31-22(23)24)15(9-16)10-25/h7-9,13-14,18,22H,3-6H2,1-2H3,(H,26,27,29). The van der Waals surface area contributed by atoms with Gasteiger partial charge >= 0.3 is 6.61 Å². The monoisotopic (exact) mass is 424 g/mol. The van der Waals surface area contributed by atoms with Crippen molar-refractivity contribution in [2.24, 2.45) is 11.8 Å². The van der Waals surface area contributed by atoms with Gasteiger partial charge in [0.15, 0.2) is 17.0 Å². The molecule has 0 amide bonds. The van der Waals surface area contributed by atoms with E-state index in [1.165, 1.54) is 37.8 Å². The van der Waals surface area contributed by atoms with E-state index >= 15 is 0 Å². The first kappa shape index (κ1) is 19.7. The molecule has 7 nitrogen and oxygen atoms in total. The highest BCUT2D eigenvalue weighted by atomic mass is 19.3. The predicted molar refractivity (Wildman–Crippen MR) is 110 cm³/mol. The van der Waals surface area contributed by atoms with Gasteiger partial charge in [-0.3, -0.25) is 4.57 Å². The number of nitrogens with zero attached hydrogens (tertiary/aromatic N) is 5. The van der Waals surface area contributed by atoms with Gasteiger partial charge in [-0.15, -0.1) is 0 Å². The maximum Gasteiger partial charge on any atom is 0.387 e. The third-order valence-electron chi connectivity index (χ3n) is 5.91. The van der Waals surface area contributed by atoms with E-state index in [9.17, 15) is 14.0 Å². The van der Waals surface area contributed by atoms with Crippen molar-refractivity contribution >= 4 is 17.0 Å². The number of aryl methyl sites for hydroxylation is 2. The Kier molecular flexibility index (Phi) is 4.73. The van der Waals surface area contributed by atoms with Crippen molar-refractivity contribution in [2.45, 2.75) is 52.2 Å². The number of nitriles is 1. The summed E-state index contributed by atoms with van der Waals surface area (Å²) in [5.74, 6) is 3.24. The number of alkyl halides is 2. The van der Waals surface area contributed by atoms with E-state index in [2.05, 4.69) is 20.0 Å². The maximum absolute atomic E-state index is 12.6. The summed E-state index contributed by atoms with van der Waals surface area (Å²) in [6.45, 7) is 0.680. The van der Waals surface area contributed by atoms with Gasteiger partial charge in [0.25, 0.3) is 0 Å².